The number of hydrogen-bond acceptors (Lipinski definition) is 0. The third kappa shape index (κ3) is 3.26. The van der Waals surface area contributed by atoms with Gasteiger partial charge >= 0.3 is 0 Å². The smallest absolute Gasteiger partial charge is 0.196 e. The largest absolute Gasteiger partial charge is 0.239 e. The second-order valence-corrected chi connectivity index (χ2v) is 6.19. The number of benzene rings is 2. The molecule has 3 rings (SSSR count). The molecular weight excluding hydrogens is 328 g/mol. The van der Waals surface area contributed by atoms with Gasteiger partial charge < -0.3 is 0 Å². The Morgan fingerprint density at radius 1 is 1.00 bits per heavy atom. The fourth-order valence-electron chi connectivity index (χ4n) is 3.07. The molecule has 1 aliphatic rings. The Balaban J connectivity index is 1.96. The van der Waals surface area contributed by atoms with Crippen LogP contribution in [0.1, 0.15) is 25.3 Å². The molecule has 0 bridgehead atoms. The molecule has 0 spiro atoms. The first-order chi connectivity index (χ1) is 12.0. The topological polar surface area (TPSA) is 0 Å². The maximum Gasteiger partial charge on any atom is 0.196 e. The van der Waals surface area contributed by atoms with Crippen LogP contribution in [0.15, 0.2) is 66.5 Å². The van der Waals surface area contributed by atoms with E-state index < -0.39 is 23.5 Å². The molecule has 0 radical (unpaired) electrons. The predicted molar refractivity (Wildman–Crippen MR) is 92.6 cm³/mol. The molecule has 1 aliphatic carbocycles. The van der Waals surface area contributed by atoms with E-state index in [1.807, 2.05) is 30.3 Å². The van der Waals surface area contributed by atoms with Gasteiger partial charge in [-0.2, -0.15) is 0 Å². The second-order valence-electron chi connectivity index (χ2n) is 6.19. The van der Waals surface area contributed by atoms with E-state index in [1.165, 1.54) is 12.1 Å². The third-order valence-electron chi connectivity index (χ3n) is 4.44. The van der Waals surface area contributed by atoms with Gasteiger partial charge in [0, 0.05) is 5.56 Å². The summed E-state index contributed by atoms with van der Waals surface area (Å²) in [6, 6.07) is 13.7. The molecule has 0 amide bonds. The van der Waals surface area contributed by atoms with E-state index in [2.05, 4.69) is 0 Å². The van der Waals surface area contributed by atoms with E-state index >= 15 is 0 Å². The lowest BCUT2D eigenvalue weighted by Gasteiger charge is -2.29. The molecule has 0 N–H and O–H groups in total. The van der Waals surface area contributed by atoms with E-state index in [1.54, 1.807) is 13.0 Å². The SMILES string of the molecule is CCCC1(F)C(F)=CC(c2ccc(-c3ccccc3)cc2F)=CC1F. The highest BCUT2D eigenvalue weighted by molar-refractivity contribution is 5.79. The Hall–Kier alpha value is -2.36. The normalized spacial score (nSPS) is 23.2. The number of hydrogen-bond donors (Lipinski definition) is 0. The van der Waals surface area contributed by atoms with Crippen molar-refractivity contribution in [2.75, 3.05) is 0 Å². The van der Waals surface area contributed by atoms with Crippen LogP contribution >= 0.6 is 0 Å². The van der Waals surface area contributed by atoms with Crippen molar-refractivity contribution in [3.63, 3.8) is 0 Å². The van der Waals surface area contributed by atoms with Crippen LogP contribution in [0.3, 0.4) is 0 Å². The Labute approximate surface area is 144 Å². The van der Waals surface area contributed by atoms with Crippen molar-refractivity contribution >= 4 is 5.57 Å². The molecule has 2 atom stereocenters. The molecule has 0 heterocycles. The highest BCUT2D eigenvalue weighted by Gasteiger charge is 2.45. The highest BCUT2D eigenvalue weighted by Crippen LogP contribution is 2.41. The van der Waals surface area contributed by atoms with E-state index in [0.717, 1.165) is 17.7 Å². The minimum atomic E-state index is -2.65. The molecule has 0 aromatic heterocycles. The summed E-state index contributed by atoms with van der Waals surface area (Å²) >= 11 is 0. The number of allylic oxidation sites excluding steroid dienone is 4. The zero-order valence-corrected chi connectivity index (χ0v) is 13.8. The maximum atomic E-state index is 14.5. The van der Waals surface area contributed by atoms with Crippen LogP contribution in [0.5, 0.6) is 0 Å². The van der Waals surface area contributed by atoms with Crippen LogP contribution in [-0.4, -0.2) is 11.8 Å². The molecule has 0 saturated carbocycles. The van der Waals surface area contributed by atoms with Gasteiger partial charge in [-0.1, -0.05) is 55.8 Å². The first kappa shape index (κ1) is 17.5. The van der Waals surface area contributed by atoms with Crippen LogP contribution in [0.25, 0.3) is 16.7 Å². The maximum absolute atomic E-state index is 14.5. The van der Waals surface area contributed by atoms with Crippen molar-refractivity contribution in [3.05, 3.63) is 77.9 Å². The summed E-state index contributed by atoms with van der Waals surface area (Å²) in [5, 5.41) is 0. The van der Waals surface area contributed by atoms with Crippen LogP contribution < -0.4 is 0 Å². The van der Waals surface area contributed by atoms with Crippen LogP contribution in [-0.2, 0) is 0 Å². The van der Waals surface area contributed by atoms with Gasteiger partial charge in [-0.3, -0.25) is 0 Å². The zero-order chi connectivity index (χ0) is 18.0. The van der Waals surface area contributed by atoms with Gasteiger partial charge in [-0.15, -0.1) is 0 Å². The standard InChI is InChI=1S/C21H18F4/c1-2-10-21(25)19(23)12-16(13-20(21)24)17-9-8-15(11-18(17)22)14-6-4-3-5-7-14/h3-9,11-13,19H,2,10H2,1H3. The van der Waals surface area contributed by atoms with Crippen molar-refractivity contribution in [3.8, 4) is 11.1 Å². The minimum Gasteiger partial charge on any atom is -0.239 e. The first-order valence-electron chi connectivity index (χ1n) is 8.23. The molecule has 0 nitrogen and oxygen atoms in total. The third-order valence-corrected chi connectivity index (χ3v) is 4.44. The molecule has 0 fully saturated rings. The molecular formula is C21H18F4. The van der Waals surface area contributed by atoms with Crippen LogP contribution in [0, 0.1) is 5.82 Å². The first-order valence-corrected chi connectivity index (χ1v) is 8.23. The molecule has 4 heteroatoms. The van der Waals surface area contributed by atoms with E-state index in [-0.39, 0.29) is 17.6 Å². The number of rotatable bonds is 4. The molecule has 2 aromatic carbocycles. The Kier molecular flexibility index (Phi) is 4.80. The van der Waals surface area contributed by atoms with Crippen molar-refractivity contribution in [1.29, 1.82) is 0 Å². The predicted octanol–water partition coefficient (Wildman–Crippen LogP) is 6.59. The summed E-state index contributed by atoms with van der Waals surface area (Å²) in [6.45, 7) is 1.66. The van der Waals surface area contributed by atoms with Gasteiger partial charge in [-0.05, 0) is 41.3 Å². The van der Waals surface area contributed by atoms with E-state index in [0.29, 0.717) is 12.0 Å². The second kappa shape index (κ2) is 6.87. The van der Waals surface area contributed by atoms with Gasteiger partial charge in [0.2, 0.25) is 0 Å². The number of alkyl halides is 2. The fraction of sp³-hybridized carbons (Fsp3) is 0.238. The Bertz CT molecular complexity index is 823. The summed E-state index contributed by atoms with van der Waals surface area (Å²) in [5.41, 5.74) is -1.09. The summed E-state index contributed by atoms with van der Waals surface area (Å²) in [5.74, 6) is -1.79. The number of halogens is 4. The van der Waals surface area contributed by atoms with Crippen molar-refractivity contribution in [2.45, 2.75) is 31.6 Å². The summed E-state index contributed by atoms with van der Waals surface area (Å²) in [7, 11) is 0. The fourth-order valence-corrected chi connectivity index (χ4v) is 3.07. The van der Waals surface area contributed by atoms with Crippen molar-refractivity contribution in [2.24, 2.45) is 0 Å². The van der Waals surface area contributed by atoms with Gasteiger partial charge in [0.25, 0.3) is 0 Å². The summed E-state index contributed by atoms with van der Waals surface area (Å²) in [6.07, 6.45) is -0.233. The lowest BCUT2D eigenvalue weighted by Crippen LogP contribution is -2.36. The zero-order valence-electron chi connectivity index (χ0n) is 13.8. The van der Waals surface area contributed by atoms with Crippen LogP contribution in [0.2, 0.25) is 0 Å². The Morgan fingerprint density at radius 2 is 1.72 bits per heavy atom. The molecule has 0 aliphatic heterocycles. The van der Waals surface area contributed by atoms with Crippen LogP contribution in [0.4, 0.5) is 17.6 Å². The quantitative estimate of drug-likeness (QED) is 0.548. The highest BCUT2D eigenvalue weighted by atomic mass is 19.2. The van der Waals surface area contributed by atoms with Crippen molar-refractivity contribution in [1.82, 2.24) is 0 Å². The van der Waals surface area contributed by atoms with Gasteiger partial charge in [0.15, 0.2) is 11.8 Å². The van der Waals surface area contributed by atoms with Gasteiger partial charge in [0.05, 0.1) is 0 Å². The monoisotopic (exact) mass is 346 g/mol. The van der Waals surface area contributed by atoms with Crippen molar-refractivity contribution < 1.29 is 17.6 Å². The van der Waals surface area contributed by atoms with E-state index in [9.17, 15) is 17.6 Å². The summed E-state index contributed by atoms with van der Waals surface area (Å²) < 4.78 is 57.4. The molecule has 0 saturated heterocycles. The summed E-state index contributed by atoms with van der Waals surface area (Å²) in [4.78, 5) is 0. The average molecular weight is 346 g/mol. The van der Waals surface area contributed by atoms with Gasteiger partial charge in [-0.25, -0.2) is 17.6 Å². The lowest BCUT2D eigenvalue weighted by molar-refractivity contribution is 0.0781. The van der Waals surface area contributed by atoms with Gasteiger partial charge in [0.1, 0.15) is 11.6 Å². The lowest BCUT2D eigenvalue weighted by atomic mass is 9.85. The Morgan fingerprint density at radius 3 is 2.32 bits per heavy atom. The minimum absolute atomic E-state index is 0.0199. The molecule has 2 aromatic rings. The average Bonchev–Trinajstić information content (AvgIpc) is 2.60. The molecule has 2 unspecified atom stereocenters. The molecule has 25 heavy (non-hydrogen) atoms. The molecule has 130 valence electrons. The van der Waals surface area contributed by atoms with E-state index in [4.69, 9.17) is 0 Å².